The van der Waals surface area contributed by atoms with Gasteiger partial charge in [-0.25, -0.2) is 4.79 Å². The summed E-state index contributed by atoms with van der Waals surface area (Å²) in [5.41, 5.74) is 6.60. The van der Waals surface area contributed by atoms with Crippen LogP contribution in [0, 0.1) is 5.92 Å². The van der Waals surface area contributed by atoms with E-state index in [2.05, 4.69) is 15.5 Å². The van der Waals surface area contributed by atoms with Gasteiger partial charge < -0.3 is 30.9 Å². The van der Waals surface area contributed by atoms with Crippen LogP contribution >= 0.6 is 11.6 Å². The van der Waals surface area contributed by atoms with Crippen LogP contribution < -0.4 is 21.1 Å². The maximum atomic E-state index is 12.8. The molecular formula is C23H36ClN5O3. The number of nitrogens with one attached hydrogen (secondary N) is 2. The molecule has 2 aliphatic heterocycles. The molecule has 9 heteroatoms. The maximum Gasteiger partial charge on any atom is 0.317 e. The number of anilines is 1. The minimum atomic E-state index is -0.186. The molecule has 2 heterocycles. The van der Waals surface area contributed by atoms with Gasteiger partial charge in [-0.2, -0.15) is 0 Å². The third-order valence-electron chi connectivity index (χ3n) is 6.32. The molecule has 0 unspecified atom stereocenters. The number of nitrogens with two attached hydrogens (primary N) is 1. The van der Waals surface area contributed by atoms with Crippen LogP contribution in [0.3, 0.4) is 0 Å². The van der Waals surface area contributed by atoms with Crippen molar-refractivity contribution in [2.75, 3.05) is 45.6 Å². The van der Waals surface area contributed by atoms with Crippen LogP contribution in [0.25, 0.3) is 0 Å². The van der Waals surface area contributed by atoms with E-state index in [9.17, 15) is 9.59 Å². The number of urea groups is 1. The van der Waals surface area contributed by atoms with Gasteiger partial charge in [0.2, 0.25) is 0 Å². The fourth-order valence-electron chi connectivity index (χ4n) is 4.46. The number of carbonyl (C=O) groups excluding carboxylic acids is 2. The van der Waals surface area contributed by atoms with E-state index in [1.54, 1.807) is 12.1 Å². The van der Waals surface area contributed by atoms with E-state index in [1.165, 1.54) is 7.11 Å². The Labute approximate surface area is 195 Å². The minimum Gasteiger partial charge on any atom is -0.496 e. The quantitative estimate of drug-likeness (QED) is 0.561. The number of amides is 3. The van der Waals surface area contributed by atoms with Gasteiger partial charge in [-0.3, -0.25) is 4.79 Å². The second kappa shape index (κ2) is 11.1. The average molecular weight is 466 g/mol. The molecule has 0 saturated carbocycles. The highest BCUT2D eigenvalue weighted by atomic mass is 35.5. The minimum absolute atomic E-state index is 0.0500. The van der Waals surface area contributed by atoms with Crippen molar-refractivity contribution in [1.29, 1.82) is 0 Å². The van der Waals surface area contributed by atoms with Crippen molar-refractivity contribution in [3.05, 3.63) is 22.7 Å². The Morgan fingerprint density at radius 1 is 1.16 bits per heavy atom. The zero-order valence-corrected chi connectivity index (χ0v) is 20.1. The van der Waals surface area contributed by atoms with Crippen molar-refractivity contribution >= 4 is 29.2 Å². The van der Waals surface area contributed by atoms with Crippen LogP contribution in [0.1, 0.15) is 49.9 Å². The molecule has 2 saturated heterocycles. The fourth-order valence-corrected chi connectivity index (χ4v) is 4.62. The monoisotopic (exact) mass is 465 g/mol. The lowest BCUT2D eigenvalue weighted by atomic mass is 9.94. The van der Waals surface area contributed by atoms with E-state index in [-0.39, 0.29) is 24.0 Å². The molecule has 0 spiro atoms. The Bertz CT molecular complexity index is 803. The first-order chi connectivity index (χ1) is 15.3. The Morgan fingerprint density at radius 2 is 1.81 bits per heavy atom. The Kier molecular flexibility index (Phi) is 8.48. The zero-order chi connectivity index (χ0) is 23.3. The molecule has 32 heavy (non-hydrogen) atoms. The second-order valence-corrected chi connectivity index (χ2v) is 9.56. The second-order valence-electron chi connectivity index (χ2n) is 9.16. The molecule has 3 amide bonds. The molecule has 4 N–H and O–H groups in total. The summed E-state index contributed by atoms with van der Waals surface area (Å²) in [5.74, 6) is 0.856. The first-order valence-corrected chi connectivity index (χ1v) is 11.9. The van der Waals surface area contributed by atoms with E-state index in [4.69, 9.17) is 22.1 Å². The third-order valence-corrected chi connectivity index (χ3v) is 6.64. The van der Waals surface area contributed by atoms with Crippen LogP contribution in [0.2, 0.25) is 5.02 Å². The summed E-state index contributed by atoms with van der Waals surface area (Å²) in [6.45, 7) is 8.58. The summed E-state index contributed by atoms with van der Waals surface area (Å²) in [5, 5.41) is 6.44. The lowest BCUT2D eigenvalue weighted by Gasteiger charge is -2.38. The van der Waals surface area contributed by atoms with Crippen molar-refractivity contribution in [2.24, 2.45) is 5.92 Å². The number of likely N-dealkylation sites (tertiary alicyclic amines) is 2. The van der Waals surface area contributed by atoms with E-state index in [0.717, 1.165) is 58.4 Å². The molecule has 8 nitrogen and oxygen atoms in total. The van der Waals surface area contributed by atoms with Crippen LogP contribution in [-0.2, 0) is 0 Å². The SMILES string of the molecule is COc1cc(N)c(Cl)cc1C(=O)NC1CCN(CC2CCN(C(=O)NC(C)C)CC2)CC1. The number of carbonyl (C=O) groups is 2. The number of methoxy groups -OCH3 is 1. The highest BCUT2D eigenvalue weighted by molar-refractivity contribution is 6.33. The lowest BCUT2D eigenvalue weighted by Crippen LogP contribution is -2.49. The van der Waals surface area contributed by atoms with Gasteiger partial charge >= 0.3 is 6.03 Å². The number of rotatable bonds is 6. The molecular weight excluding hydrogens is 430 g/mol. The smallest absolute Gasteiger partial charge is 0.317 e. The summed E-state index contributed by atoms with van der Waals surface area (Å²) in [6.07, 6.45) is 3.90. The summed E-state index contributed by atoms with van der Waals surface area (Å²) >= 11 is 6.10. The predicted molar refractivity (Wildman–Crippen MR) is 127 cm³/mol. The molecule has 3 rings (SSSR count). The molecule has 178 valence electrons. The number of piperidine rings is 2. The molecule has 0 aliphatic carbocycles. The standard InChI is InChI=1S/C23H36ClN5O3/c1-15(2)26-23(31)29-10-4-16(5-11-29)14-28-8-6-17(7-9-28)27-22(30)18-12-19(24)20(25)13-21(18)32-3/h12-13,15-17H,4-11,14,25H2,1-3H3,(H,26,31)(H,27,30). The maximum absolute atomic E-state index is 12.8. The van der Waals surface area contributed by atoms with Gasteiger partial charge in [0.05, 0.1) is 23.4 Å². The van der Waals surface area contributed by atoms with Gasteiger partial charge in [0.15, 0.2) is 0 Å². The topological polar surface area (TPSA) is 99.9 Å². The highest BCUT2D eigenvalue weighted by Crippen LogP contribution is 2.29. The van der Waals surface area contributed by atoms with E-state index >= 15 is 0 Å². The number of hydrogen-bond acceptors (Lipinski definition) is 5. The summed E-state index contributed by atoms with van der Waals surface area (Å²) < 4.78 is 5.30. The van der Waals surface area contributed by atoms with Gasteiger partial charge in [0, 0.05) is 50.9 Å². The highest BCUT2D eigenvalue weighted by Gasteiger charge is 2.27. The van der Waals surface area contributed by atoms with E-state index in [1.807, 2.05) is 18.7 Å². The molecule has 0 radical (unpaired) electrons. The summed E-state index contributed by atoms with van der Waals surface area (Å²) in [7, 11) is 1.51. The fraction of sp³-hybridized carbons (Fsp3) is 0.652. The largest absolute Gasteiger partial charge is 0.496 e. The summed E-state index contributed by atoms with van der Waals surface area (Å²) in [4.78, 5) is 29.3. The summed E-state index contributed by atoms with van der Waals surface area (Å²) in [6, 6.07) is 3.49. The molecule has 0 aromatic heterocycles. The van der Waals surface area contributed by atoms with E-state index in [0.29, 0.717) is 27.9 Å². The molecule has 1 aromatic carbocycles. The van der Waals surface area contributed by atoms with Crippen molar-refractivity contribution in [3.63, 3.8) is 0 Å². The van der Waals surface area contributed by atoms with Gasteiger partial charge in [-0.05, 0) is 51.5 Å². The number of hydrogen-bond donors (Lipinski definition) is 3. The van der Waals surface area contributed by atoms with Crippen LogP contribution in [0.4, 0.5) is 10.5 Å². The predicted octanol–water partition coefficient (Wildman–Crippen LogP) is 2.96. The molecule has 2 aliphatic rings. The van der Waals surface area contributed by atoms with Gasteiger partial charge in [0.25, 0.3) is 5.91 Å². The van der Waals surface area contributed by atoms with Crippen LogP contribution in [-0.4, -0.2) is 73.7 Å². The average Bonchev–Trinajstić information content (AvgIpc) is 2.76. The lowest BCUT2D eigenvalue weighted by molar-refractivity contribution is 0.0891. The van der Waals surface area contributed by atoms with Crippen molar-refractivity contribution in [1.82, 2.24) is 20.4 Å². The zero-order valence-electron chi connectivity index (χ0n) is 19.3. The van der Waals surface area contributed by atoms with Gasteiger partial charge in [-0.1, -0.05) is 11.6 Å². The van der Waals surface area contributed by atoms with E-state index < -0.39 is 0 Å². The number of benzene rings is 1. The molecule has 0 atom stereocenters. The van der Waals surface area contributed by atoms with Crippen molar-refractivity contribution in [2.45, 2.75) is 51.6 Å². The first-order valence-electron chi connectivity index (χ1n) is 11.5. The molecule has 1 aromatic rings. The van der Waals surface area contributed by atoms with Gasteiger partial charge in [0.1, 0.15) is 5.75 Å². The normalized spacial score (nSPS) is 18.6. The van der Waals surface area contributed by atoms with Crippen molar-refractivity contribution < 1.29 is 14.3 Å². The third kappa shape index (κ3) is 6.42. The van der Waals surface area contributed by atoms with Gasteiger partial charge in [-0.15, -0.1) is 0 Å². The number of nitrogens with zero attached hydrogens (tertiary/aromatic N) is 2. The Morgan fingerprint density at radius 3 is 2.41 bits per heavy atom. The first kappa shape index (κ1) is 24.5. The number of ether oxygens (including phenoxy) is 1. The number of nitrogen functional groups attached to an aromatic ring is 1. The molecule has 0 bridgehead atoms. The van der Waals surface area contributed by atoms with Crippen LogP contribution in [0.15, 0.2) is 12.1 Å². The molecule has 2 fully saturated rings. The Balaban J connectivity index is 1.42. The Hall–Kier alpha value is -2.19. The van der Waals surface area contributed by atoms with Crippen molar-refractivity contribution in [3.8, 4) is 5.75 Å². The van der Waals surface area contributed by atoms with Crippen LogP contribution in [0.5, 0.6) is 5.75 Å². The number of halogens is 1.